The minimum atomic E-state index is -3.29. The maximum Gasteiger partial charge on any atom is 0.403 e. The average Bonchev–Trinajstić information content (AvgIpc) is 3.09. The molecule has 2 aliphatic heterocycles. The van der Waals surface area contributed by atoms with Gasteiger partial charge in [0.25, 0.3) is 0 Å². The number of hydrogen-bond acceptors (Lipinski definition) is 8. The Kier molecular flexibility index (Phi) is 5.34. The van der Waals surface area contributed by atoms with Crippen molar-refractivity contribution in [2.24, 2.45) is 0 Å². The van der Waals surface area contributed by atoms with E-state index in [0.717, 1.165) is 5.92 Å². The summed E-state index contributed by atoms with van der Waals surface area (Å²) in [6.45, 7) is 3.90. The van der Waals surface area contributed by atoms with E-state index in [1.54, 1.807) is 10.9 Å². The van der Waals surface area contributed by atoms with Crippen molar-refractivity contribution in [3.63, 3.8) is 0 Å². The molecule has 0 aromatic carbocycles. The summed E-state index contributed by atoms with van der Waals surface area (Å²) in [7, 11) is -1.75. The molecule has 4 rings (SSSR count). The number of ether oxygens (including phenoxy) is 1. The minimum absolute atomic E-state index is 0. The Morgan fingerprint density at radius 3 is 2.96 bits per heavy atom. The molecule has 0 bridgehead atoms. The number of hydrogen-bond donors (Lipinski definition) is 2. The fourth-order valence-electron chi connectivity index (χ4n) is 3.06. The molecule has 0 amide bonds. The zero-order chi connectivity index (χ0) is 17.1. The van der Waals surface area contributed by atoms with E-state index in [0.29, 0.717) is 16.9 Å². The van der Waals surface area contributed by atoms with Gasteiger partial charge in [-0.05, 0) is 20.1 Å². The van der Waals surface area contributed by atoms with Gasteiger partial charge in [0.05, 0.1) is 24.7 Å². The molecule has 2 aromatic rings. The van der Waals surface area contributed by atoms with Gasteiger partial charge in [-0.3, -0.25) is 4.52 Å². The molecule has 12 heteroatoms. The van der Waals surface area contributed by atoms with Crippen LogP contribution < -0.4 is 10.8 Å². The molecule has 2 fully saturated rings. The summed E-state index contributed by atoms with van der Waals surface area (Å²) >= 11 is 0. The SMILES string of the molecule is CNP1(=O)OC[C@H]2O[C@@H](n3cnc4c(C)nc(N)nc43)[C-](C)[C@@H]2O1.[Y]. The van der Waals surface area contributed by atoms with E-state index < -0.39 is 20.1 Å². The quantitative estimate of drug-likeness (QED) is 0.516. The molecule has 0 saturated carbocycles. The molecule has 3 N–H and O–H groups in total. The number of imidazole rings is 1. The molecule has 25 heavy (non-hydrogen) atoms. The van der Waals surface area contributed by atoms with Crippen LogP contribution in [0.3, 0.4) is 0 Å². The summed E-state index contributed by atoms with van der Waals surface area (Å²) < 4.78 is 31.0. The number of aryl methyl sites for hydroxylation is 1. The Balaban J connectivity index is 0.00000182. The molecule has 2 aliphatic rings. The summed E-state index contributed by atoms with van der Waals surface area (Å²) in [5, 5.41) is 2.59. The van der Waals surface area contributed by atoms with Gasteiger partial charge in [-0.25, -0.2) is 25.5 Å². The van der Waals surface area contributed by atoms with Crippen molar-refractivity contribution >= 4 is 24.9 Å². The molecule has 4 atom stereocenters. The maximum atomic E-state index is 12.3. The molecule has 2 saturated heterocycles. The predicted molar refractivity (Wildman–Crippen MR) is 84.8 cm³/mol. The van der Waals surface area contributed by atoms with E-state index in [1.807, 2.05) is 13.8 Å². The fourth-order valence-corrected chi connectivity index (χ4v) is 4.30. The van der Waals surface area contributed by atoms with Crippen molar-refractivity contribution < 1.29 is 51.1 Å². The van der Waals surface area contributed by atoms with Gasteiger partial charge in [0, 0.05) is 38.9 Å². The van der Waals surface area contributed by atoms with Gasteiger partial charge in [-0.2, -0.15) is 11.9 Å². The Labute approximate surface area is 169 Å². The average molecular weight is 442 g/mol. The first-order chi connectivity index (χ1) is 11.4. The Bertz CT molecular complexity index is 847. The summed E-state index contributed by atoms with van der Waals surface area (Å²) in [6, 6.07) is 0. The van der Waals surface area contributed by atoms with Crippen LogP contribution in [0.15, 0.2) is 6.33 Å². The Hall–Kier alpha value is -0.476. The van der Waals surface area contributed by atoms with Crippen molar-refractivity contribution in [2.45, 2.75) is 32.3 Å². The number of nitrogen functional groups attached to an aromatic ring is 1. The number of rotatable bonds is 2. The van der Waals surface area contributed by atoms with E-state index in [4.69, 9.17) is 19.5 Å². The van der Waals surface area contributed by atoms with Crippen LogP contribution in [-0.2, 0) is 51.1 Å². The minimum Gasteiger partial charge on any atom is -0.384 e. The van der Waals surface area contributed by atoms with Crippen molar-refractivity contribution in [2.75, 3.05) is 19.4 Å². The summed E-state index contributed by atoms with van der Waals surface area (Å²) in [5.74, 6) is 1.04. The predicted octanol–water partition coefficient (Wildman–Crippen LogP) is 0.949. The van der Waals surface area contributed by atoms with E-state index in [1.165, 1.54) is 7.05 Å². The maximum absolute atomic E-state index is 12.3. The standard InChI is InChI=1S/C13H18N6O4P.Y/c1-6-10-8(4-21-24(20,15-3)23-10)22-12(6)19-5-16-9-7(2)17-13(14)18-11(9)19;/h5,8,10,12H,4H2,1-3H3,(H,15,20)(H2,14,17,18);/q-1;/t8-,10+,12-,24?;/m1./s1. The zero-order valence-electron chi connectivity index (χ0n) is 14.0. The number of nitrogens with one attached hydrogen (secondary N) is 1. The van der Waals surface area contributed by atoms with Crippen molar-refractivity contribution in [1.29, 1.82) is 0 Å². The molecule has 0 aliphatic carbocycles. The summed E-state index contributed by atoms with van der Waals surface area (Å²) in [6.07, 6.45) is 0.407. The van der Waals surface area contributed by atoms with Gasteiger partial charge in [-0.1, -0.05) is 0 Å². The van der Waals surface area contributed by atoms with Crippen molar-refractivity contribution in [3.05, 3.63) is 17.9 Å². The van der Waals surface area contributed by atoms with Gasteiger partial charge in [0.2, 0.25) is 5.95 Å². The zero-order valence-corrected chi connectivity index (χ0v) is 17.8. The molecule has 10 nitrogen and oxygen atoms in total. The molecule has 133 valence electrons. The van der Waals surface area contributed by atoms with Crippen LogP contribution in [0.1, 0.15) is 18.8 Å². The molecule has 1 radical (unpaired) electrons. The number of nitrogens with zero attached hydrogens (tertiary/aromatic N) is 4. The van der Waals surface area contributed by atoms with Crippen molar-refractivity contribution in [3.8, 4) is 0 Å². The number of anilines is 1. The third-order valence-corrected chi connectivity index (χ3v) is 5.82. The van der Waals surface area contributed by atoms with Crippen molar-refractivity contribution in [1.82, 2.24) is 24.6 Å². The normalized spacial score (nSPS) is 32.5. The van der Waals surface area contributed by atoms with Gasteiger partial charge in [-0.15, -0.1) is 0 Å². The summed E-state index contributed by atoms with van der Waals surface area (Å²) in [5.41, 5.74) is 7.70. The first-order valence-corrected chi connectivity index (χ1v) is 9.03. The second kappa shape index (κ2) is 6.92. The number of fused-ring (bicyclic) bond motifs is 2. The second-order valence-electron chi connectivity index (χ2n) is 5.81. The third-order valence-electron chi connectivity index (χ3n) is 4.28. The van der Waals surface area contributed by atoms with Gasteiger partial charge in [0.15, 0.2) is 5.65 Å². The van der Waals surface area contributed by atoms with E-state index in [9.17, 15) is 4.57 Å². The van der Waals surface area contributed by atoms with E-state index in [-0.39, 0.29) is 51.4 Å². The van der Waals surface area contributed by atoms with Gasteiger partial charge >= 0.3 is 7.75 Å². The number of aromatic nitrogens is 4. The monoisotopic (exact) mass is 442 g/mol. The van der Waals surface area contributed by atoms with Crippen LogP contribution in [0, 0.1) is 12.8 Å². The fraction of sp³-hybridized carbons (Fsp3) is 0.538. The molecular weight excluding hydrogens is 424 g/mol. The Morgan fingerprint density at radius 2 is 2.24 bits per heavy atom. The van der Waals surface area contributed by atoms with Crippen LogP contribution in [0.2, 0.25) is 0 Å². The first-order valence-electron chi connectivity index (χ1n) is 7.49. The molecule has 1 unspecified atom stereocenters. The van der Waals surface area contributed by atoms with Crippen LogP contribution in [0.4, 0.5) is 5.95 Å². The molecular formula is C13H18N6O4PY-. The third kappa shape index (κ3) is 3.18. The van der Waals surface area contributed by atoms with Crippen LogP contribution >= 0.6 is 7.75 Å². The van der Waals surface area contributed by atoms with Gasteiger partial charge in [0.1, 0.15) is 5.52 Å². The largest absolute Gasteiger partial charge is 0.403 e. The van der Waals surface area contributed by atoms with E-state index >= 15 is 0 Å². The molecule has 4 heterocycles. The summed E-state index contributed by atoms with van der Waals surface area (Å²) in [4.78, 5) is 12.7. The second-order valence-corrected chi connectivity index (χ2v) is 7.72. The molecule has 2 aromatic heterocycles. The first kappa shape index (κ1) is 19.3. The van der Waals surface area contributed by atoms with Gasteiger partial charge < -0.3 is 19.6 Å². The number of nitrogens with two attached hydrogens (primary N) is 1. The van der Waals surface area contributed by atoms with Crippen LogP contribution in [0.5, 0.6) is 0 Å². The van der Waals surface area contributed by atoms with Crippen LogP contribution in [0.25, 0.3) is 11.2 Å². The van der Waals surface area contributed by atoms with E-state index in [2.05, 4.69) is 20.0 Å². The van der Waals surface area contributed by atoms with Crippen LogP contribution in [-0.4, -0.2) is 45.4 Å². The topological polar surface area (TPSA) is 126 Å². The smallest absolute Gasteiger partial charge is 0.384 e. The molecule has 0 spiro atoms. The Morgan fingerprint density at radius 1 is 1.48 bits per heavy atom.